The molecule has 0 aliphatic heterocycles. The van der Waals surface area contributed by atoms with Crippen molar-refractivity contribution in [3.05, 3.63) is 46.4 Å². The molecule has 0 radical (unpaired) electrons. The van der Waals surface area contributed by atoms with Crippen LogP contribution in [0.2, 0.25) is 0 Å². The van der Waals surface area contributed by atoms with Crippen LogP contribution in [0.5, 0.6) is 0 Å². The summed E-state index contributed by atoms with van der Waals surface area (Å²) in [6, 6.07) is 8.07. The second kappa shape index (κ2) is 6.52. The highest BCUT2D eigenvalue weighted by atomic mass is 32.1. The molecule has 1 aromatic heterocycles. The van der Waals surface area contributed by atoms with Crippen LogP contribution >= 0.6 is 11.3 Å². The van der Waals surface area contributed by atoms with Crippen LogP contribution in [0, 0.1) is 0 Å². The van der Waals surface area contributed by atoms with Crippen molar-refractivity contribution in [1.82, 2.24) is 10.3 Å². The summed E-state index contributed by atoms with van der Waals surface area (Å²) >= 11 is 1.72. The number of hydrogen-bond acceptors (Lipinski definition) is 4. The minimum Gasteiger partial charge on any atom is -0.399 e. The van der Waals surface area contributed by atoms with Crippen molar-refractivity contribution in [2.75, 3.05) is 18.8 Å². The van der Waals surface area contributed by atoms with Crippen LogP contribution in [0.3, 0.4) is 0 Å². The zero-order valence-corrected chi connectivity index (χ0v) is 11.4. The molecule has 4 heteroatoms. The SMILES string of the molecule is CC(CNCCc1cccc(N)c1)c1nccs1. The van der Waals surface area contributed by atoms with Crippen LogP contribution in [0.4, 0.5) is 5.69 Å². The Bertz CT molecular complexity index is 468. The Balaban J connectivity index is 1.70. The van der Waals surface area contributed by atoms with Gasteiger partial charge in [-0.3, -0.25) is 0 Å². The third-order valence-corrected chi connectivity index (χ3v) is 3.87. The number of benzene rings is 1. The van der Waals surface area contributed by atoms with E-state index in [1.807, 2.05) is 29.8 Å². The lowest BCUT2D eigenvalue weighted by Gasteiger charge is -2.10. The molecule has 0 fully saturated rings. The first kappa shape index (κ1) is 13.1. The minimum absolute atomic E-state index is 0.478. The molecule has 0 aliphatic rings. The molecule has 0 amide bonds. The van der Waals surface area contributed by atoms with Gasteiger partial charge in [-0.2, -0.15) is 0 Å². The van der Waals surface area contributed by atoms with Gasteiger partial charge in [0.2, 0.25) is 0 Å². The van der Waals surface area contributed by atoms with Gasteiger partial charge in [-0.25, -0.2) is 4.98 Å². The number of nitrogen functional groups attached to an aromatic ring is 1. The summed E-state index contributed by atoms with van der Waals surface area (Å²) in [4.78, 5) is 4.33. The molecule has 0 aliphatic carbocycles. The highest BCUT2D eigenvalue weighted by Crippen LogP contribution is 2.16. The smallest absolute Gasteiger partial charge is 0.0965 e. The largest absolute Gasteiger partial charge is 0.399 e. The van der Waals surface area contributed by atoms with Crippen molar-refractivity contribution in [3.8, 4) is 0 Å². The summed E-state index contributed by atoms with van der Waals surface area (Å²) in [5.74, 6) is 0.478. The molecule has 1 unspecified atom stereocenters. The maximum Gasteiger partial charge on any atom is 0.0965 e. The third kappa shape index (κ3) is 3.82. The molecule has 0 bridgehead atoms. The van der Waals surface area contributed by atoms with E-state index >= 15 is 0 Å². The molecule has 18 heavy (non-hydrogen) atoms. The van der Waals surface area contributed by atoms with Crippen molar-refractivity contribution < 1.29 is 0 Å². The Labute approximate surface area is 112 Å². The van der Waals surface area contributed by atoms with E-state index in [4.69, 9.17) is 5.73 Å². The fourth-order valence-electron chi connectivity index (χ4n) is 1.87. The van der Waals surface area contributed by atoms with Gasteiger partial charge in [-0.1, -0.05) is 19.1 Å². The average molecular weight is 261 g/mol. The van der Waals surface area contributed by atoms with E-state index in [2.05, 4.69) is 23.3 Å². The number of hydrogen-bond donors (Lipinski definition) is 2. The fourth-order valence-corrected chi connectivity index (χ4v) is 2.56. The van der Waals surface area contributed by atoms with Gasteiger partial charge in [0.25, 0.3) is 0 Å². The molecule has 2 rings (SSSR count). The first-order chi connectivity index (χ1) is 8.75. The summed E-state index contributed by atoms with van der Waals surface area (Å²) in [5.41, 5.74) is 7.87. The zero-order valence-electron chi connectivity index (χ0n) is 10.6. The Kier molecular flexibility index (Phi) is 4.73. The van der Waals surface area contributed by atoms with E-state index in [9.17, 15) is 0 Å². The summed E-state index contributed by atoms with van der Waals surface area (Å²) in [6.07, 6.45) is 2.87. The minimum atomic E-state index is 0.478. The normalized spacial score (nSPS) is 12.5. The Morgan fingerprint density at radius 1 is 1.44 bits per heavy atom. The number of nitrogens with zero attached hydrogens (tertiary/aromatic N) is 1. The lowest BCUT2D eigenvalue weighted by Crippen LogP contribution is -2.22. The monoisotopic (exact) mass is 261 g/mol. The van der Waals surface area contributed by atoms with Gasteiger partial charge in [0.15, 0.2) is 0 Å². The van der Waals surface area contributed by atoms with Crippen molar-refractivity contribution in [3.63, 3.8) is 0 Å². The molecule has 3 nitrogen and oxygen atoms in total. The summed E-state index contributed by atoms with van der Waals surface area (Å²) in [7, 11) is 0. The lowest BCUT2D eigenvalue weighted by molar-refractivity contribution is 0.613. The first-order valence-corrected chi connectivity index (χ1v) is 7.08. The van der Waals surface area contributed by atoms with Crippen LogP contribution in [-0.2, 0) is 6.42 Å². The molecule has 96 valence electrons. The molecular weight excluding hydrogens is 242 g/mol. The standard InChI is InChI=1S/C14H19N3S/c1-11(14-17-7-8-18-14)10-16-6-5-12-3-2-4-13(15)9-12/h2-4,7-9,11,16H,5-6,10,15H2,1H3. The van der Waals surface area contributed by atoms with Gasteiger partial charge in [-0.05, 0) is 30.7 Å². The van der Waals surface area contributed by atoms with Crippen LogP contribution in [0.25, 0.3) is 0 Å². The molecule has 0 saturated heterocycles. The summed E-state index contributed by atoms with van der Waals surface area (Å²) < 4.78 is 0. The number of nitrogens with two attached hydrogens (primary N) is 1. The van der Waals surface area contributed by atoms with E-state index in [1.54, 1.807) is 11.3 Å². The second-order valence-corrected chi connectivity index (χ2v) is 5.40. The number of thiazole rings is 1. The summed E-state index contributed by atoms with van der Waals surface area (Å²) in [5, 5.41) is 6.69. The van der Waals surface area contributed by atoms with Gasteiger partial charge >= 0.3 is 0 Å². The Hall–Kier alpha value is -1.39. The third-order valence-electron chi connectivity index (χ3n) is 2.87. The molecule has 0 spiro atoms. The lowest BCUT2D eigenvalue weighted by atomic mass is 10.1. The van der Waals surface area contributed by atoms with Crippen LogP contribution < -0.4 is 11.1 Å². The van der Waals surface area contributed by atoms with E-state index < -0.39 is 0 Å². The van der Waals surface area contributed by atoms with Crippen LogP contribution in [0.1, 0.15) is 23.4 Å². The second-order valence-electron chi connectivity index (χ2n) is 4.47. The van der Waals surface area contributed by atoms with Crippen molar-refractivity contribution >= 4 is 17.0 Å². The number of nitrogens with one attached hydrogen (secondary N) is 1. The van der Waals surface area contributed by atoms with Crippen molar-refractivity contribution in [1.29, 1.82) is 0 Å². The average Bonchev–Trinajstić information content (AvgIpc) is 2.88. The van der Waals surface area contributed by atoms with Gasteiger partial charge in [0.05, 0.1) is 5.01 Å². The predicted molar refractivity (Wildman–Crippen MR) is 78.0 cm³/mol. The highest BCUT2D eigenvalue weighted by Gasteiger charge is 2.06. The molecule has 1 atom stereocenters. The van der Waals surface area contributed by atoms with E-state index in [0.717, 1.165) is 25.2 Å². The number of rotatable bonds is 6. The number of anilines is 1. The molecule has 1 aromatic carbocycles. The topological polar surface area (TPSA) is 50.9 Å². The first-order valence-electron chi connectivity index (χ1n) is 6.20. The maximum absolute atomic E-state index is 5.75. The molecule has 3 N–H and O–H groups in total. The molecule has 1 heterocycles. The molecular formula is C14H19N3S. The quantitative estimate of drug-likeness (QED) is 0.621. The fraction of sp³-hybridized carbons (Fsp3) is 0.357. The van der Waals surface area contributed by atoms with Gasteiger partial charge in [0, 0.05) is 29.7 Å². The summed E-state index contributed by atoms with van der Waals surface area (Å²) in [6.45, 7) is 4.14. The van der Waals surface area contributed by atoms with Crippen molar-refractivity contribution in [2.24, 2.45) is 0 Å². The van der Waals surface area contributed by atoms with Crippen molar-refractivity contribution in [2.45, 2.75) is 19.3 Å². The predicted octanol–water partition coefficient (Wildman–Crippen LogP) is 2.66. The van der Waals surface area contributed by atoms with Gasteiger partial charge < -0.3 is 11.1 Å². The Morgan fingerprint density at radius 2 is 2.33 bits per heavy atom. The van der Waals surface area contributed by atoms with Crippen LogP contribution in [0.15, 0.2) is 35.8 Å². The number of aromatic nitrogens is 1. The van der Waals surface area contributed by atoms with E-state index in [1.165, 1.54) is 10.6 Å². The molecule has 2 aromatic rings. The van der Waals surface area contributed by atoms with Crippen LogP contribution in [-0.4, -0.2) is 18.1 Å². The van der Waals surface area contributed by atoms with E-state index in [-0.39, 0.29) is 0 Å². The maximum atomic E-state index is 5.75. The van der Waals surface area contributed by atoms with Gasteiger partial charge in [-0.15, -0.1) is 11.3 Å². The van der Waals surface area contributed by atoms with Gasteiger partial charge in [0.1, 0.15) is 0 Å². The highest BCUT2D eigenvalue weighted by molar-refractivity contribution is 7.09. The van der Waals surface area contributed by atoms with E-state index in [0.29, 0.717) is 5.92 Å². The zero-order chi connectivity index (χ0) is 12.8. The Morgan fingerprint density at radius 3 is 3.06 bits per heavy atom. The molecule has 0 saturated carbocycles.